The molecule has 8 heteroatoms. The van der Waals surface area contributed by atoms with Crippen molar-refractivity contribution in [3.63, 3.8) is 0 Å². The molecule has 0 saturated carbocycles. The lowest BCUT2D eigenvalue weighted by molar-refractivity contribution is -0.125. The van der Waals surface area contributed by atoms with Crippen LogP contribution in [0.4, 0.5) is 5.69 Å². The fourth-order valence-electron chi connectivity index (χ4n) is 2.63. The first-order valence-corrected chi connectivity index (χ1v) is 10.6. The predicted octanol–water partition coefficient (Wildman–Crippen LogP) is 3.02. The Bertz CT molecular complexity index is 850. The second kappa shape index (κ2) is 9.65. The number of fused-ring (bicyclic) bond motifs is 1. The van der Waals surface area contributed by atoms with Gasteiger partial charge in [-0.2, -0.15) is 0 Å². The van der Waals surface area contributed by atoms with Gasteiger partial charge in [0.15, 0.2) is 17.5 Å². The van der Waals surface area contributed by atoms with Gasteiger partial charge >= 0.3 is 0 Å². The van der Waals surface area contributed by atoms with Crippen molar-refractivity contribution in [1.29, 1.82) is 0 Å². The molecule has 4 N–H and O–H groups in total. The van der Waals surface area contributed by atoms with Crippen LogP contribution in [0.15, 0.2) is 40.7 Å². The summed E-state index contributed by atoms with van der Waals surface area (Å²) >= 11 is 1.73. The summed E-state index contributed by atoms with van der Waals surface area (Å²) in [4.78, 5) is 17.5. The van der Waals surface area contributed by atoms with Crippen molar-refractivity contribution >= 4 is 28.9 Å². The number of anilines is 1. The Balaban J connectivity index is 1.71. The molecular formula is C21H28N4O3S. The Morgan fingerprint density at radius 1 is 1.24 bits per heavy atom. The average Bonchev–Trinajstić information content (AvgIpc) is 3.09. The normalized spacial score (nSPS) is 14.2. The van der Waals surface area contributed by atoms with Crippen molar-refractivity contribution in [2.75, 3.05) is 31.6 Å². The Kier molecular flexibility index (Phi) is 6.98. The lowest BCUT2D eigenvalue weighted by atomic mass is 9.93. The third-order valence-corrected chi connectivity index (χ3v) is 5.49. The highest BCUT2D eigenvalue weighted by molar-refractivity contribution is 7.09. The number of aliphatic imine (C=N–C) groups is 1. The molecule has 1 aliphatic heterocycles. The minimum absolute atomic E-state index is 0.279. The maximum atomic E-state index is 11.6. The summed E-state index contributed by atoms with van der Waals surface area (Å²) in [5.41, 5.74) is 5.58. The Morgan fingerprint density at radius 2 is 2.03 bits per heavy atom. The van der Waals surface area contributed by atoms with E-state index in [0.717, 1.165) is 24.3 Å². The Hall–Kier alpha value is -2.74. The molecule has 0 atom stereocenters. The SMILES string of the molecule is CC(C)(CN=C(NCCc1cccs1)Nc1ccc2c(c1)OCCCO2)C(N)=O. The van der Waals surface area contributed by atoms with Gasteiger partial charge in [0, 0.05) is 29.6 Å². The van der Waals surface area contributed by atoms with Crippen molar-refractivity contribution in [2.45, 2.75) is 26.7 Å². The van der Waals surface area contributed by atoms with Crippen molar-refractivity contribution in [2.24, 2.45) is 16.1 Å². The molecule has 1 amide bonds. The van der Waals surface area contributed by atoms with E-state index in [1.807, 2.05) is 24.3 Å². The number of rotatable bonds is 7. The molecular weight excluding hydrogens is 388 g/mol. The Morgan fingerprint density at radius 3 is 2.76 bits per heavy atom. The molecule has 7 nitrogen and oxygen atoms in total. The number of hydrogen-bond donors (Lipinski definition) is 3. The summed E-state index contributed by atoms with van der Waals surface area (Å²) in [5, 5.41) is 8.69. The van der Waals surface area contributed by atoms with Crippen molar-refractivity contribution in [1.82, 2.24) is 5.32 Å². The minimum atomic E-state index is -0.729. The largest absolute Gasteiger partial charge is 0.490 e. The van der Waals surface area contributed by atoms with Gasteiger partial charge in [-0.25, -0.2) is 0 Å². The summed E-state index contributed by atoms with van der Waals surface area (Å²) in [7, 11) is 0. The van der Waals surface area contributed by atoms with Gasteiger partial charge in [0.25, 0.3) is 0 Å². The lowest BCUT2D eigenvalue weighted by Gasteiger charge is -2.19. The summed E-state index contributed by atoms with van der Waals surface area (Å²) in [5.74, 6) is 1.66. The van der Waals surface area contributed by atoms with Crippen LogP contribution in [0.1, 0.15) is 25.1 Å². The number of nitrogens with two attached hydrogens (primary N) is 1. The predicted molar refractivity (Wildman–Crippen MR) is 117 cm³/mol. The van der Waals surface area contributed by atoms with E-state index in [4.69, 9.17) is 15.2 Å². The highest BCUT2D eigenvalue weighted by atomic mass is 32.1. The van der Waals surface area contributed by atoms with E-state index < -0.39 is 5.41 Å². The molecule has 0 saturated heterocycles. The molecule has 0 aliphatic carbocycles. The number of carbonyl (C=O) groups excluding carboxylic acids is 1. The van der Waals surface area contributed by atoms with Crippen LogP contribution in [0.25, 0.3) is 0 Å². The van der Waals surface area contributed by atoms with Crippen LogP contribution < -0.4 is 25.8 Å². The molecule has 1 aromatic carbocycles. The molecule has 0 radical (unpaired) electrons. The third kappa shape index (κ3) is 6.12. The van der Waals surface area contributed by atoms with Gasteiger partial charge in [-0.1, -0.05) is 6.07 Å². The van der Waals surface area contributed by atoms with Crippen molar-refractivity contribution in [3.05, 3.63) is 40.6 Å². The number of carbonyl (C=O) groups is 1. The number of hydrogen-bond acceptors (Lipinski definition) is 5. The zero-order valence-electron chi connectivity index (χ0n) is 16.9. The summed E-state index contributed by atoms with van der Waals surface area (Å²) in [6, 6.07) is 9.86. The van der Waals surface area contributed by atoms with Crippen LogP contribution in [0.2, 0.25) is 0 Å². The fourth-order valence-corrected chi connectivity index (χ4v) is 3.34. The van der Waals surface area contributed by atoms with Gasteiger partial charge in [0.2, 0.25) is 5.91 Å². The number of guanidine groups is 1. The summed E-state index contributed by atoms with van der Waals surface area (Å²) < 4.78 is 11.4. The molecule has 0 fully saturated rings. The number of benzene rings is 1. The summed E-state index contributed by atoms with van der Waals surface area (Å²) in [6.45, 7) is 5.85. The maximum Gasteiger partial charge on any atom is 0.224 e. The average molecular weight is 417 g/mol. The molecule has 0 spiro atoms. The molecule has 156 valence electrons. The van der Waals surface area contributed by atoms with Gasteiger partial charge in [-0.05, 0) is 43.8 Å². The van der Waals surface area contributed by atoms with Gasteiger partial charge in [-0.3, -0.25) is 9.79 Å². The van der Waals surface area contributed by atoms with Gasteiger partial charge < -0.3 is 25.8 Å². The number of primary amides is 1. The fraction of sp³-hybridized carbons (Fsp3) is 0.429. The van der Waals surface area contributed by atoms with Crippen LogP contribution in [-0.2, 0) is 11.2 Å². The van der Waals surface area contributed by atoms with E-state index in [9.17, 15) is 4.79 Å². The molecule has 1 aromatic heterocycles. The van der Waals surface area contributed by atoms with Gasteiger partial charge in [0.05, 0.1) is 25.2 Å². The zero-order chi connectivity index (χ0) is 20.7. The lowest BCUT2D eigenvalue weighted by Crippen LogP contribution is -2.37. The van der Waals surface area contributed by atoms with Crippen LogP contribution in [0.5, 0.6) is 11.5 Å². The highest BCUT2D eigenvalue weighted by Crippen LogP contribution is 2.32. The van der Waals surface area contributed by atoms with E-state index in [-0.39, 0.29) is 12.5 Å². The number of nitrogens with one attached hydrogen (secondary N) is 2. The number of nitrogens with zero attached hydrogens (tertiary/aromatic N) is 1. The van der Waals surface area contributed by atoms with Gasteiger partial charge in [0.1, 0.15) is 0 Å². The van der Waals surface area contributed by atoms with E-state index in [1.165, 1.54) is 4.88 Å². The number of ether oxygens (including phenoxy) is 2. The van der Waals surface area contributed by atoms with E-state index in [1.54, 1.807) is 25.2 Å². The first kappa shape index (κ1) is 21.0. The van der Waals surface area contributed by atoms with Crippen molar-refractivity contribution < 1.29 is 14.3 Å². The quantitative estimate of drug-likeness (QED) is 0.476. The first-order valence-electron chi connectivity index (χ1n) is 9.71. The van der Waals surface area contributed by atoms with Crippen molar-refractivity contribution in [3.8, 4) is 11.5 Å². The van der Waals surface area contributed by atoms with Crippen LogP contribution >= 0.6 is 11.3 Å². The van der Waals surface area contributed by atoms with Crippen LogP contribution in [-0.4, -0.2) is 38.2 Å². The molecule has 1 aliphatic rings. The zero-order valence-corrected chi connectivity index (χ0v) is 17.7. The molecule has 2 aromatic rings. The second-order valence-electron chi connectivity index (χ2n) is 7.51. The molecule has 0 bridgehead atoms. The van der Waals surface area contributed by atoms with E-state index in [0.29, 0.717) is 31.5 Å². The third-order valence-electron chi connectivity index (χ3n) is 4.55. The summed E-state index contributed by atoms with van der Waals surface area (Å²) in [6.07, 6.45) is 1.75. The number of amides is 1. The standard InChI is InChI=1S/C21H28N4O3S/c1-21(2,19(22)26)14-24-20(23-9-8-16-5-3-12-29-16)25-15-6-7-17-18(13-15)28-11-4-10-27-17/h3,5-7,12-13H,4,8-11,14H2,1-2H3,(H2,22,26)(H2,23,24,25). The van der Waals surface area contributed by atoms with E-state index in [2.05, 4.69) is 27.1 Å². The molecule has 0 unspecified atom stereocenters. The second-order valence-corrected chi connectivity index (χ2v) is 8.54. The molecule has 3 rings (SSSR count). The molecule has 29 heavy (non-hydrogen) atoms. The minimum Gasteiger partial charge on any atom is -0.490 e. The van der Waals surface area contributed by atoms with E-state index >= 15 is 0 Å². The molecule has 2 heterocycles. The first-order chi connectivity index (χ1) is 13.9. The maximum absolute atomic E-state index is 11.6. The monoisotopic (exact) mass is 416 g/mol. The Labute approximate surface area is 175 Å². The topological polar surface area (TPSA) is 98.0 Å². The highest BCUT2D eigenvalue weighted by Gasteiger charge is 2.24. The van der Waals surface area contributed by atoms with Crippen LogP contribution in [0, 0.1) is 5.41 Å². The van der Waals surface area contributed by atoms with Gasteiger partial charge in [-0.15, -0.1) is 11.3 Å². The number of thiophene rings is 1. The van der Waals surface area contributed by atoms with Crippen LogP contribution in [0.3, 0.4) is 0 Å². The smallest absolute Gasteiger partial charge is 0.224 e.